The van der Waals surface area contributed by atoms with Gasteiger partial charge in [0.15, 0.2) is 5.82 Å². The summed E-state index contributed by atoms with van der Waals surface area (Å²) in [5.74, 6) is 0.193. The van der Waals surface area contributed by atoms with Crippen LogP contribution in [0.15, 0.2) is 47.5 Å². The van der Waals surface area contributed by atoms with E-state index in [2.05, 4.69) is 4.98 Å². The molecule has 0 aliphatic carbocycles. The number of benzene rings is 1. The molecule has 0 N–H and O–H groups in total. The number of likely N-dealkylation sites (N-methyl/N-ethyl adjacent to an activating group) is 1. The number of fused-ring (bicyclic) bond motifs is 1. The lowest BCUT2D eigenvalue weighted by atomic mass is 10.3. The Morgan fingerprint density at radius 1 is 1.18 bits per heavy atom. The highest BCUT2D eigenvalue weighted by atomic mass is 32.2. The first kappa shape index (κ1) is 14.8. The lowest BCUT2D eigenvalue weighted by Gasteiger charge is -2.36. The average Bonchev–Trinajstić information content (AvgIpc) is 2.54. The topological polar surface area (TPSA) is 53.5 Å². The lowest BCUT2D eigenvalue weighted by molar-refractivity contribution is 0.587. The molecule has 7 heteroatoms. The van der Waals surface area contributed by atoms with E-state index >= 15 is 0 Å². The maximum Gasteiger partial charge on any atom is 0.264 e. The first-order valence-corrected chi connectivity index (χ1v) is 8.46. The van der Waals surface area contributed by atoms with Crippen molar-refractivity contribution >= 4 is 21.5 Å². The molecule has 3 rings (SSSR count). The Balaban J connectivity index is 2.07. The standard InChI is InChI=1S/C15H16FN3O2S/c1-2-18-10-11-19(14-4-3-9-17-15(14)18)22(20,21)13-7-5-12(16)6-8-13/h3-9H,2,10-11H2,1H3. The van der Waals surface area contributed by atoms with Gasteiger partial charge in [0, 0.05) is 19.3 Å². The highest BCUT2D eigenvalue weighted by molar-refractivity contribution is 7.92. The van der Waals surface area contributed by atoms with Gasteiger partial charge < -0.3 is 4.90 Å². The number of halogens is 1. The second kappa shape index (κ2) is 5.57. The zero-order chi connectivity index (χ0) is 15.7. The van der Waals surface area contributed by atoms with Gasteiger partial charge in [0.2, 0.25) is 0 Å². The van der Waals surface area contributed by atoms with Gasteiger partial charge in [0.25, 0.3) is 10.0 Å². The van der Waals surface area contributed by atoms with Crippen LogP contribution in [0.3, 0.4) is 0 Å². The van der Waals surface area contributed by atoms with Crippen LogP contribution in [0.5, 0.6) is 0 Å². The van der Waals surface area contributed by atoms with Gasteiger partial charge in [-0.2, -0.15) is 0 Å². The molecule has 0 atom stereocenters. The van der Waals surface area contributed by atoms with Crippen LogP contribution < -0.4 is 9.21 Å². The summed E-state index contributed by atoms with van der Waals surface area (Å²) in [7, 11) is -3.72. The van der Waals surface area contributed by atoms with Crippen LogP contribution in [0.1, 0.15) is 6.92 Å². The Kier molecular flexibility index (Phi) is 3.74. The van der Waals surface area contributed by atoms with Crippen molar-refractivity contribution in [3.63, 3.8) is 0 Å². The summed E-state index contributed by atoms with van der Waals surface area (Å²) >= 11 is 0. The highest BCUT2D eigenvalue weighted by Crippen LogP contribution is 2.34. The van der Waals surface area contributed by atoms with Crippen molar-refractivity contribution in [2.24, 2.45) is 0 Å². The number of pyridine rings is 1. The summed E-state index contributed by atoms with van der Waals surface area (Å²) in [4.78, 5) is 6.41. The van der Waals surface area contributed by atoms with Gasteiger partial charge in [0.05, 0.1) is 17.1 Å². The number of anilines is 2. The number of hydrogen-bond donors (Lipinski definition) is 0. The van der Waals surface area contributed by atoms with Crippen molar-refractivity contribution in [2.75, 3.05) is 28.8 Å². The van der Waals surface area contributed by atoms with Gasteiger partial charge in [0.1, 0.15) is 5.82 Å². The summed E-state index contributed by atoms with van der Waals surface area (Å²) in [6, 6.07) is 8.33. The van der Waals surface area contributed by atoms with E-state index in [-0.39, 0.29) is 4.90 Å². The Morgan fingerprint density at radius 2 is 1.91 bits per heavy atom. The summed E-state index contributed by atoms with van der Waals surface area (Å²) in [5, 5.41) is 0. The second-order valence-corrected chi connectivity index (χ2v) is 6.82. The Labute approximate surface area is 129 Å². The van der Waals surface area contributed by atoms with E-state index < -0.39 is 15.8 Å². The third-order valence-electron chi connectivity index (χ3n) is 3.69. The van der Waals surface area contributed by atoms with Gasteiger partial charge in [-0.3, -0.25) is 4.31 Å². The van der Waals surface area contributed by atoms with E-state index in [1.165, 1.54) is 16.4 Å². The molecule has 1 aliphatic heterocycles. The monoisotopic (exact) mass is 321 g/mol. The molecule has 0 spiro atoms. The van der Waals surface area contributed by atoms with Crippen molar-refractivity contribution in [3.05, 3.63) is 48.4 Å². The molecule has 0 amide bonds. The van der Waals surface area contributed by atoms with Crippen LogP contribution in [-0.2, 0) is 10.0 Å². The molecule has 1 aromatic carbocycles. The van der Waals surface area contributed by atoms with Crippen LogP contribution in [0.4, 0.5) is 15.9 Å². The van der Waals surface area contributed by atoms with Gasteiger partial charge >= 0.3 is 0 Å². The molecule has 22 heavy (non-hydrogen) atoms. The predicted octanol–water partition coefficient (Wildman–Crippen LogP) is 2.26. The van der Waals surface area contributed by atoms with Crippen LogP contribution in [0.25, 0.3) is 0 Å². The Bertz CT molecular complexity index is 778. The normalized spacial score (nSPS) is 14.8. The van der Waals surface area contributed by atoms with E-state index in [0.717, 1.165) is 18.7 Å². The number of hydrogen-bond acceptors (Lipinski definition) is 4. The summed E-state index contributed by atoms with van der Waals surface area (Å²) in [6.45, 7) is 3.67. The van der Waals surface area contributed by atoms with Crippen molar-refractivity contribution < 1.29 is 12.8 Å². The summed E-state index contributed by atoms with van der Waals surface area (Å²) in [6.07, 6.45) is 1.65. The molecule has 0 unspecified atom stereocenters. The predicted molar refractivity (Wildman–Crippen MR) is 83.1 cm³/mol. The summed E-state index contributed by atoms with van der Waals surface area (Å²) in [5.41, 5.74) is 0.555. The molecule has 2 aromatic rings. The quantitative estimate of drug-likeness (QED) is 0.870. The Hall–Kier alpha value is -2.15. The molecule has 0 fully saturated rings. The third-order valence-corrected chi connectivity index (χ3v) is 5.52. The van der Waals surface area contributed by atoms with E-state index in [4.69, 9.17) is 0 Å². The molecule has 116 valence electrons. The van der Waals surface area contributed by atoms with Gasteiger partial charge in [-0.25, -0.2) is 17.8 Å². The third kappa shape index (κ3) is 2.41. The zero-order valence-corrected chi connectivity index (χ0v) is 12.9. The van der Waals surface area contributed by atoms with E-state index in [1.54, 1.807) is 18.3 Å². The van der Waals surface area contributed by atoms with Crippen molar-refractivity contribution in [1.82, 2.24) is 4.98 Å². The molecule has 5 nitrogen and oxygen atoms in total. The zero-order valence-electron chi connectivity index (χ0n) is 12.1. The smallest absolute Gasteiger partial charge is 0.264 e. The molecule has 0 radical (unpaired) electrons. The van der Waals surface area contributed by atoms with Crippen molar-refractivity contribution in [3.8, 4) is 0 Å². The van der Waals surface area contributed by atoms with Gasteiger partial charge in [-0.1, -0.05) is 0 Å². The molecule has 1 aromatic heterocycles. The molecule has 0 saturated heterocycles. The SMILES string of the molecule is CCN1CCN(S(=O)(=O)c2ccc(F)cc2)c2cccnc21. The lowest BCUT2D eigenvalue weighted by Crippen LogP contribution is -2.44. The fourth-order valence-corrected chi connectivity index (χ4v) is 4.01. The van der Waals surface area contributed by atoms with Crippen LogP contribution in [0.2, 0.25) is 0 Å². The van der Waals surface area contributed by atoms with Crippen LogP contribution in [0, 0.1) is 5.82 Å². The van der Waals surface area contributed by atoms with Crippen molar-refractivity contribution in [1.29, 1.82) is 0 Å². The number of nitrogens with zero attached hydrogens (tertiary/aromatic N) is 3. The van der Waals surface area contributed by atoms with Crippen molar-refractivity contribution in [2.45, 2.75) is 11.8 Å². The second-order valence-electron chi connectivity index (χ2n) is 4.96. The van der Waals surface area contributed by atoms with Gasteiger partial charge in [-0.15, -0.1) is 0 Å². The number of rotatable bonds is 3. The minimum absolute atomic E-state index is 0.0775. The van der Waals surface area contributed by atoms with E-state index in [1.807, 2.05) is 11.8 Å². The van der Waals surface area contributed by atoms with Gasteiger partial charge in [-0.05, 0) is 43.3 Å². The first-order chi connectivity index (χ1) is 10.5. The van der Waals surface area contributed by atoms with Crippen LogP contribution >= 0.6 is 0 Å². The van der Waals surface area contributed by atoms with Crippen LogP contribution in [-0.4, -0.2) is 33.0 Å². The minimum atomic E-state index is -3.72. The molecule has 0 saturated carbocycles. The van der Waals surface area contributed by atoms with E-state index in [9.17, 15) is 12.8 Å². The maximum absolute atomic E-state index is 13.0. The Morgan fingerprint density at radius 3 is 2.59 bits per heavy atom. The van der Waals surface area contributed by atoms with E-state index in [0.29, 0.717) is 24.6 Å². The molecule has 2 heterocycles. The summed E-state index contributed by atoms with van der Waals surface area (Å²) < 4.78 is 40.0. The minimum Gasteiger partial charge on any atom is -0.353 e. The fraction of sp³-hybridized carbons (Fsp3) is 0.267. The molecule has 1 aliphatic rings. The highest BCUT2D eigenvalue weighted by Gasteiger charge is 2.32. The number of sulfonamides is 1. The average molecular weight is 321 g/mol. The fourth-order valence-electron chi connectivity index (χ4n) is 2.56. The number of aromatic nitrogens is 1. The molecular formula is C15H16FN3O2S. The molecular weight excluding hydrogens is 305 g/mol. The first-order valence-electron chi connectivity index (χ1n) is 7.02. The largest absolute Gasteiger partial charge is 0.353 e. The maximum atomic E-state index is 13.0. The molecule has 0 bridgehead atoms.